The summed E-state index contributed by atoms with van der Waals surface area (Å²) >= 11 is 7.39. The third kappa shape index (κ3) is 3.08. The molecule has 3 aromatic rings. The lowest BCUT2D eigenvalue weighted by Gasteiger charge is -2.11. The molecular weight excluding hydrogens is 320 g/mol. The van der Waals surface area contributed by atoms with E-state index in [2.05, 4.69) is 15.5 Å². The lowest BCUT2D eigenvalue weighted by molar-refractivity contribution is -0.115. The molecule has 7 heteroatoms. The van der Waals surface area contributed by atoms with Crippen molar-refractivity contribution in [2.24, 2.45) is 0 Å². The van der Waals surface area contributed by atoms with Crippen LogP contribution in [0.25, 0.3) is 5.65 Å². The summed E-state index contributed by atoms with van der Waals surface area (Å²) in [5, 5.41) is 11.9. The third-order valence-corrected chi connectivity index (χ3v) is 4.45. The van der Waals surface area contributed by atoms with Gasteiger partial charge in [-0.05, 0) is 31.2 Å². The summed E-state index contributed by atoms with van der Waals surface area (Å²) in [5.41, 5.74) is 1.36. The molecule has 2 aromatic heterocycles. The number of rotatable bonds is 4. The van der Waals surface area contributed by atoms with Crippen LogP contribution in [-0.2, 0) is 4.79 Å². The smallest absolute Gasteiger partial charge is 0.237 e. The predicted octanol–water partition coefficient (Wildman–Crippen LogP) is 3.50. The Kier molecular flexibility index (Phi) is 4.31. The minimum atomic E-state index is -0.330. The van der Waals surface area contributed by atoms with Gasteiger partial charge in [-0.3, -0.25) is 9.20 Å². The number of pyridine rings is 1. The van der Waals surface area contributed by atoms with Crippen LogP contribution in [-0.4, -0.2) is 25.8 Å². The number of amides is 1. The van der Waals surface area contributed by atoms with Crippen LogP contribution in [0.3, 0.4) is 0 Å². The minimum Gasteiger partial charge on any atom is -0.324 e. The number of fused-ring (bicyclic) bond motifs is 1. The third-order valence-electron chi connectivity index (χ3n) is 3.07. The summed E-state index contributed by atoms with van der Waals surface area (Å²) in [6.45, 7) is 1.82. The van der Waals surface area contributed by atoms with Crippen molar-refractivity contribution < 1.29 is 4.79 Å². The van der Waals surface area contributed by atoms with Gasteiger partial charge in [-0.15, -0.1) is 10.2 Å². The molecule has 0 radical (unpaired) electrons. The van der Waals surface area contributed by atoms with E-state index in [0.717, 1.165) is 5.65 Å². The number of halogens is 1. The van der Waals surface area contributed by atoms with E-state index in [1.165, 1.54) is 11.8 Å². The van der Waals surface area contributed by atoms with Crippen molar-refractivity contribution in [3.8, 4) is 0 Å². The van der Waals surface area contributed by atoms with E-state index in [1.54, 1.807) is 12.1 Å². The highest BCUT2D eigenvalue weighted by Gasteiger charge is 2.18. The van der Waals surface area contributed by atoms with Gasteiger partial charge in [0.15, 0.2) is 10.8 Å². The lowest BCUT2D eigenvalue weighted by Crippen LogP contribution is -2.22. The van der Waals surface area contributed by atoms with Crippen LogP contribution >= 0.6 is 23.4 Å². The molecule has 0 fully saturated rings. The predicted molar refractivity (Wildman–Crippen MR) is 88.4 cm³/mol. The van der Waals surface area contributed by atoms with Gasteiger partial charge in [0.1, 0.15) is 0 Å². The van der Waals surface area contributed by atoms with Crippen LogP contribution in [0, 0.1) is 0 Å². The fourth-order valence-corrected chi connectivity index (χ4v) is 2.93. The zero-order chi connectivity index (χ0) is 15.5. The molecule has 1 amide bonds. The van der Waals surface area contributed by atoms with Crippen LogP contribution in [0.1, 0.15) is 6.92 Å². The summed E-state index contributed by atoms with van der Waals surface area (Å²) < 4.78 is 1.85. The Bertz CT molecular complexity index is 820. The number of carbonyl (C=O) groups excluding carboxylic acids is 1. The van der Waals surface area contributed by atoms with Gasteiger partial charge in [-0.25, -0.2) is 0 Å². The Labute approximate surface area is 136 Å². The molecule has 0 spiro atoms. The standard InChI is InChI=1S/C15H13ClN4OS/c1-10(14(21)17-12-7-3-2-6-11(12)16)22-15-19-18-13-8-4-5-9-20(13)15/h2-10H,1H3,(H,17,21)/t10-/m1/s1. The topological polar surface area (TPSA) is 59.3 Å². The maximum atomic E-state index is 12.3. The lowest BCUT2D eigenvalue weighted by atomic mass is 10.3. The van der Waals surface area contributed by atoms with Gasteiger partial charge >= 0.3 is 0 Å². The van der Waals surface area contributed by atoms with Crippen molar-refractivity contribution >= 4 is 40.6 Å². The Hall–Kier alpha value is -2.05. The number of aromatic nitrogens is 3. The van der Waals surface area contributed by atoms with Crippen LogP contribution in [0.4, 0.5) is 5.69 Å². The summed E-state index contributed by atoms with van der Waals surface area (Å²) in [6, 6.07) is 12.8. The number of nitrogens with zero attached hydrogens (tertiary/aromatic N) is 3. The maximum Gasteiger partial charge on any atom is 0.237 e. The summed E-state index contributed by atoms with van der Waals surface area (Å²) in [6.07, 6.45) is 1.87. The molecule has 0 bridgehead atoms. The number of hydrogen-bond donors (Lipinski definition) is 1. The van der Waals surface area contributed by atoms with Crippen molar-refractivity contribution in [2.45, 2.75) is 17.3 Å². The van der Waals surface area contributed by atoms with Crippen molar-refractivity contribution in [3.05, 3.63) is 53.7 Å². The number of hydrogen-bond acceptors (Lipinski definition) is 4. The van der Waals surface area contributed by atoms with Gasteiger partial charge in [0, 0.05) is 6.20 Å². The Morgan fingerprint density at radius 3 is 2.82 bits per heavy atom. The second-order valence-corrected chi connectivity index (χ2v) is 6.36. The molecule has 0 aliphatic rings. The number of nitrogens with one attached hydrogen (secondary N) is 1. The average molecular weight is 333 g/mol. The summed E-state index contributed by atoms with van der Waals surface area (Å²) in [7, 11) is 0. The number of anilines is 1. The number of benzene rings is 1. The normalized spacial score (nSPS) is 12.3. The van der Waals surface area contributed by atoms with E-state index in [1.807, 2.05) is 47.9 Å². The Morgan fingerprint density at radius 2 is 2.00 bits per heavy atom. The molecule has 0 unspecified atom stereocenters. The molecular formula is C15H13ClN4OS. The largest absolute Gasteiger partial charge is 0.324 e. The SMILES string of the molecule is C[C@@H](Sc1nnc2ccccn12)C(=O)Nc1ccccc1Cl. The van der Waals surface area contributed by atoms with E-state index in [0.29, 0.717) is 15.9 Å². The molecule has 0 saturated heterocycles. The maximum absolute atomic E-state index is 12.3. The van der Waals surface area contributed by atoms with Gasteiger partial charge in [0.05, 0.1) is 16.0 Å². The first-order valence-electron chi connectivity index (χ1n) is 6.67. The first-order valence-corrected chi connectivity index (χ1v) is 7.93. The van der Waals surface area contributed by atoms with E-state index < -0.39 is 0 Å². The second kappa shape index (κ2) is 6.37. The Balaban J connectivity index is 1.73. The van der Waals surface area contributed by atoms with E-state index in [9.17, 15) is 4.79 Å². The molecule has 112 valence electrons. The van der Waals surface area contributed by atoms with E-state index in [4.69, 9.17) is 11.6 Å². The Morgan fingerprint density at radius 1 is 1.23 bits per heavy atom. The van der Waals surface area contributed by atoms with Crippen molar-refractivity contribution in [1.29, 1.82) is 0 Å². The van der Waals surface area contributed by atoms with Crippen LogP contribution in [0.2, 0.25) is 5.02 Å². The van der Waals surface area contributed by atoms with Gasteiger partial charge in [0.2, 0.25) is 5.91 Å². The van der Waals surface area contributed by atoms with Crippen LogP contribution < -0.4 is 5.32 Å². The second-order valence-electron chi connectivity index (χ2n) is 4.64. The molecule has 1 N–H and O–H groups in total. The number of carbonyl (C=O) groups is 1. The highest BCUT2D eigenvalue weighted by molar-refractivity contribution is 8.00. The first kappa shape index (κ1) is 14.9. The summed E-state index contributed by atoms with van der Waals surface area (Å²) in [4.78, 5) is 12.3. The minimum absolute atomic E-state index is 0.134. The molecule has 1 aromatic carbocycles. The monoisotopic (exact) mass is 332 g/mol. The molecule has 1 atom stereocenters. The van der Waals surface area contributed by atoms with Gasteiger partial charge < -0.3 is 5.32 Å². The van der Waals surface area contributed by atoms with E-state index >= 15 is 0 Å². The first-order chi connectivity index (χ1) is 10.6. The fraction of sp³-hybridized carbons (Fsp3) is 0.133. The molecule has 0 aliphatic carbocycles. The van der Waals surface area contributed by atoms with Crippen molar-refractivity contribution in [2.75, 3.05) is 5.32 Å². The molecule has 2 heterocycles. The van der Waals surface area contributed by atoms with Gasteiger partial charge in [-0.2, -0.15) is 0 Å². The molecule has 22 heavy (non-hydrogen) atoms. The zero-order valence-electron chi connectivity index (χ0n) is 11.7. The molecule has 3 rings (SSSR count). The zero-order valence-corrected chi connectivity index (χ0v) is 13.3. The van der Waals surface area contributed by atoms with Gasteiger partial charge in [-0.1, -0.05) is 41.6 Å². The van der Waals surface area contributed by atoms with Gasteiger partial charge in [0.25, 0.3) is 0 Å². The number of thioether (sulfide) groups is 1. The number of para-hydroxylation sites is 1. The highest BCUT2D eigenvalue weighted by Crippen LogP contribution is 2.25. The molecule has 5 nitrogen and oxygen atoms in total. The van der Waals surface area contributed by atoms with Crippen LogP contribution in [0.5, 0.6) is 0 Å². The average Bonchev–Trinajstić information content (AvgIpc) is 2.93. The van der Waals surface area contributed by atoms with Crippen LogP contribution in [0.15, 0.2) is 53.8 Å². The van der Waals surface area contributed by atoms with E-state index in [-0.39, 0.29) is 11.2 Å². The fourth-order valence-electron chi connectivity index (χ4n) is 1.91. The van der Waals surface area contributed by atoms with Crippen molar-refractivity contribution in [1.82, 2.24) is 14.6 Å². The summed E-state index contributed by atoms with van der Waals surface area (Å²) in [5.74, 6) is -0.134. The van der Waals surface area contributed by atoms with Crippen molar-refractivity contribution in [3.63, 3.8) is 0 Å². The quantitative estimate of drug-likeness (QED) is 0.743. The molecule has 0 saturated carbocycles. The molecule has 0 aliphatic heterocycles. The highest BCUT2D eigenvalue weighted by atomic mass is 35.5.